The third-order valence-corrected chi connectivity index (χ3v) is 3.02. The van der Waals surface area contributed by atoms with Crippen LogP contribution in [0.1, 0.15) is 15.9 Å². The number of rotatable bonds is 2. The van der Waals surface area contributed by atoms with Crippen LogP contribution in [-0.4, -0.2) is 5.78 Å². The molecule has 0 fully saturated rings. The number of hydrogen-bond donors (Lipinski definition) is 0. The summed E-state index contributed by atoms with van der Waals surface area (Å²) in [5, 5.41) is 0.259. The van der Waals surface area contributed by atoms with Crippen molar-refractivity contribution in [3.8, 4) is 0 Å². The van der Waals surface area contributed by atoms with Crippen LogP contribution >= 0.6 is 23.2 Å². The van der Waals surface area contributed by atoms with Gasteiger partial charge in [0.25, 0.3) is 0 Å². The Hall–Kier alpha value is -1.52. The van der Waals surface area contributed by atoms with Crippen molar-refractivity contribution >= 4 is 29.0 Å². The van der Waals surface area contributed by atoms with Crippen LogP contribution in [-0.2, 0) is 0 Å². The second-order valence-electron chi connectivity index (χ2n) is 3.68. The molecule has 0 N–H and O–H groups in total. The zero-order valence-corrected chi connectivity index (χ0v) is 10.7. The van der Waals surface area contributed by atoms with Crippen LogP contribution in [0.2, 0.25) is 10.0 Å². The molecule has 2 rings (SSSR count). The fourth-order valence-electron chi connectivity index (χ4n) is 1.52. The molecule has 0 saturated carbocycles. The van der Waals surface area contributed by atoms with Crippen molar-refractivity contribution in [1.29, 1.82) is 0 Å². The minimum absolute atomic E-state index is 0.0403. The minimum atomic E-state index is -1.70. The minimum Gasteiger partial charge on any atom is -0.288 e. The average Bonchev–Trinajstić information content (AvgIpc) is 2.38. The van der Waals surface area contributed by atoms with Gasteiger partial charge in [0.1, 0.15) is 0 Å². The van der Waals surface area contributed by atoms with Gasteiger partial charge in [-0.25, -0.2) is 13.2 Å². The van der Waals surface area contributed by atoms with Crippen LogP contribution in [0.3, 0.4) is 0 Å². The third-order valence-electron chi connectivity index (χ3n) is 2.45. The highest BCUT2D eigenvalue weighted by Crippen LogP contribution is 2.25. The maximum Gasteiger partial charge on any atom is 0.197 e. The first-order valence-corrected chi connectivity index (χ1v) is 5.80. The van der Waals surface area contributed by atoms with Crippen molar-refractivity contribution in [3.63, 3.8) is 0 Å². The Balaban J connectivity index is 2.56. The van der Waals surface area contributed by atoms with Gasteiger partial charge in [-0.3, -0.25) is 4.79 Å². The molecular weight excluding hydrogens is 300 g/mol. The van der Waals surface area contributed by atoms with Gasteiger partial charge >= 0.3 is 0 Å². The molecule has 0 aromatic heterocycles. The van der Waals surface area contributed by atoms with Crippen molar-refractivity contribution in [2.45, 2.75) is 0 Å². The fraction of sp³-hybridized carbons (Fsp3) is 0. The summed E-state index contributed by atoms with van der Waals surface area (Å²) in [6.07, 6.45) is 0. The lowest BCUT2D eigenvalue weighted by Gasteiger charge is -2.06. The second-order valence-corrected chi connectivity index (χ2v) is 4.52. The molecule has 0 amide bonds. The molecule has 0 atom stereocenters. The molecule has 1 nitrogen and oxygen atoms in total. The van der Waals surface area contributed by atoms with Crippen molar-refractivity contribution in [1.82, 2.24) is 0 Å². The first-order valence-electron chi connectivity index (χ1n) is 5.05. The van der Waals surface area contributed by atoms with E-state index in [-0.39, 0.29) is 15.6 Å². The van der Waals surface area contributed by atoms with Crippen LogP contribution < -0.4 is 0 Å². The Kier molecular flexibility index (Phi) is 3.83. The van der Waals surface area contributed by atoms with Crippen molar-refractivity contribution < 1.29 is 18.0 Å². The van der Waals surface area contributed by atoms with Crippen LogP contribution in [0, 0.1) is 17.5 Å². The molecule has 19 heavy (non-hydrogen) atoms. The Morgan fingerprint density at radius 3 is 2.26 bits per heavy atom. The summed E-state index contributed by atoms with van der Waals surface area (Å²) >= 11 is 11.5. The first-order chi connectivity index (χ1) is 8.91. The Labute approximate surface area is 116 Å². The molecule has 0 radical (unpaired) electrons. The molecule has 0 aliphatic carbocycles. The summed E-state index contributed by atoms with van der Waals surface area (Å²) in [4.78, 5) is 12.0. The Morgan fingerprint density at radius 1 is 0.895 bits per heavy atom. The SMILES string of the molecule is O=C(c1cc(Cl)ccc1Cl)c1ccc(F)c(F)c1F. The predicted molar refractivity (Wildman–Crippen MR) is 66.2 cm³/mol. The Bertz CT molecular complexity index is 671. The maximum atomic E-state index is 13.5. The molecule has 0 saturated heterocycles. The van der Waals surface area contributed by atoms with E-state index in [4.69, 9.17) is 23.2 Å². The number of hydrogen-bond acceptors (Lipinski definition) is 1. The van der Waals surface area contributed by atoms with E-state index in [0.717, 1.165) is 6.07 Å². The molecule has 2 aromatic rings. The summed E-state index contributed by atoms with van der Waals surface area (Å²) in [6.45, 7) is 0. The first kappa shape index (κ1) is 13.9. The Morgan fingerprint density at radius 2 is 1.58 bits per heavy atom. The molecule has 0 spiro atoms. The van der Waals surface area contributed by atoms with E-state index in [1.54, 1.807) is 0 Å². The quantitative estimate of drug-likeness (QED) is 0.583. The largest absolute Gasteiger partial charge is 0.288 e. The number of carbonyl (C=O) groups excluding carboxylic acids is 1. The number of halogens is 5. The van der Waals surface area contributed by atoms with E-state index in [1.165, 1.54) is 18.2 Å². The summed E-state index contributed by atoms with van der Waals surface area (Å²) in [6, 6.07) is 5.56. The van der Waals surface area contributed by atoms with E-state index in [1.807, 2.05) is 0 Å². The molecular formula is C13H5Cl2F3O. The van der Waals surface area contributed by atoms with E-state index < -0.39 is 28.8 Å². The van der Waals surface area contributed by atoms with Gasteiger partial charge in [0, 0.05) is 10.6 Å². The summed E-state index contributed by atoms with van der Waals surface area (Å²) in [5.74, 6) is -5.50. The van der Waals surface area contributed by atoms with E-state index in [2.05, 4.69) is 0 Å². The fourth-order valence-corrected chi connectivity index (χ4v) is 1.89. The third kappa shape index (κ3) is 2.60. The van der Waals surface area contributed by atoms with Gasteiger partial charge in [-0.2, -0.15) is 0 Å². The highest BCUT2D eigenvalue weighted by Gasteiger charge is 2.21. The lowest BCUT2D eigenvalue weighted by atomic mass is 10.0. The maximum absolute atomic E-state index is 13.5. The zero-order chi connectivity index (χ0) is 14.2. The molecule has 98 valence electrons. The highest BCUT2D eigenvalue weighted by molar-refractivity contribution is 6.36. The summed E-state index contributed by atoms with van der Waals surface area (Å²) < 4.78 is 39.4. The van der Waals surface area contributed by atoms with Crippen molar-refractivity contribution in [2.24, 2.45) is 0 Å². The predicted octanol–water partition coefficient (Wildman–Crippen LogP) is 4.64. The molecule has 0 bridgehead atoms. The second kappa shape index (κ2) is 5.23. The average molecular weight is 305 g/mol. The lowest BCUT2D eigenvalue weighted by Crippen LogP contribution is -2.08. The molecule has 6 heteroatoms. The monoisotopic (exact) mass is 304 g/mol. The van der Waals surface area contributed by atoms with Crippen LogP contribution in [0.25, 0.3) is 0 Å². The van der Waals surface area contributed by atoms with E-state index in [9.17, 15) is 18.0 Å². The van der Waals surface area contributed by atoms with Crippen molar-refractivity contribution in [2.75, 3.05) is 0 Å². The van der Waals surface area contributed by atoms with Crippen LogP contribution in [0.5, 0.6) is 0 Å². The van der Waals surface area contributed by atoms with Gasteiger partial charge in [0.05, 0.1) is 10.6 Å². The van der Waals surface area contributed by atoms with Gasteiger partial charge < -0.3 is 0 Å². The van der Waals surface area contributed by atoms with E-state index >= 15 is 0 Å². The van der Waals surface area contributed by atoms with E-state index in [0.29, 0.717) is 6.07 Å². The van der Waals surface area contributed by atoms with Gasteiger partial charge in [-0.1, -0.05) is 23.2 Å². The van der Waals surface area contributed by atoms with Crippen LogP contribution in [0.15, 0.2) is 30.3 Å². The number of carbonyl (C=O) groups is 1. The number of benzene rings is 2. The highest BCUT2D eigenvalue weighted by atomic mass is 35.5. The molecule has 0 heterocycles. The van der Waals surface area contributed by atoms with Gasteiger partial charge in [-0.15, -0.1) is 0 Å². The number of ketones is 1. The van der Waals surface area contributed by atoms with Gasteiger partial charge in [-0.05, 0) is 30.3 Å². The molecule has 2 aromatic carbocycles. The standard InChI is InChI=1S/C13H5Cl2F3O/c14-6-1-3-9(15)8(5-6)13(19)7-2-4-10(16)12(18)11(7)17/h1-5H. The van der Waals surface area contributed by atoms with Gasteiger partial charge in [0.15, 0.2) is 23.2 Å². The zero-order valence-electron chi connectivity index (χ0n) is 9.18. The summed E-state index contributed by atoms with van der Waals surface area (Å²) in [7, 11) is 0. The van der Waals surface area contributed by atoms with Gasteiger partial charge in [0.2, 0.25) is 0 Å². The van der Waals surface area contributed by atoms with Crippen LogP contribution in [0.4, 0.5) is 13.2 Å². The van der Waals surface area contributed by atoms with Crippen molar-refractivity contribution in [3.05, 3.63) is 69.0 Å². The smallest absolute Gasteiger partial charge is 0.197 e. The normalized spacial score (nSPS) is 10.6. The molecule has 0 unspecified atom stereocenters. The molecule has 0 aliphatic rings. The topological polar surface area (TPSA) is 17.1 Å². The summed E-state index contributed by atoms with van der Waals surface area (Å²) in [5.41, 5.74) is -0.692. The molecule has 0 aliphatic heterocycles. The lowest BCUT2D eigenvalue weighted by molar-refractivity contribution is 0.103.